The molecule has 6 nitrogen and oxygen atoms in total. The predicted molar refractivity (Wildman–Crippen MR) is 95.8 cm³/mol. The maximum atomic E-state index is 11.5. The van der Waals surface area contributed by atoms with Crippen molar-refractivity contribution < 1.29 is 8.42 Å². The number of hydrogen-bond donors (Lipinski definition) is 2. The van der Waals surface area contributed by atoms with E-state index in [1.165, 1.54) is 0 Å². The minimum atomic E-state index is -2.89. The Morgan fingerprint density at radius 1 is 1.48 bits per heavy atom. The SMILES string of the molecule is CCNC(=NCc1nc(C(C)(C)C)cs1)NC1CCS(=O)(=O)C1. The Bertz CT molecular complexity index is 659. The van der Waals surface area contributed by atoms with Crippen molar-refractivity contribution in [3.05, 3.63) is 16.1 Å². The molecule has 130 valence electrons. The van der Waals surface area contributed by atoms with Gasteiger partial charge >= 0.3 is 0 Å². The number of thiazole rings is 1. The maximum Gasteiger partial charge on any atom is 0.191 e. The topological polar surface area (TPSA) is 83.4 Å². The van der Waals surface area contributed by atoms with Crippen molar-refractivity contribution in [1.29, 1.82) is 0 Å². The first-order valence-electron chi connectivity index (χ1n) is 7.90. The maximum absolute atomic E-state index is 11.5. The smallest absolute Gasteiger partial charge is 0.191 e. The monoisotopic (exact) mass is 358 g/mol. The lowest BCUT2D eigenvalue weighted by Crippen LogP contribution is -2.44. The standard InChI is InChI=1S/C15H26N4O2S2/c1-5-16-14(18-11-6-7-23(20,21)10-11)17-8-13-19-12(9-22-13)15(2,3)4/h9,11H,5-8,10H2,1-4H3,(H2,16,17,18). The van der Waals surface area contributed by atoms with Crippen molar-refractivity contribution in [2.24, 2.45) is 4.99 Å². The Hall–Kier alpha value is -1.15. The molecule has 1 atom stereocenters. The lowest BCUT2D eigenvalue weighted by atomic mass is 9.93. The van der Waals surface area contributed by atoms with E-state index >= 15 is 0 Å². The van der Waals surface area contributed by atoms with Gasteiger partial charge in [-0.05, 0) is 13.3 Å². The summed E-state index contributed by atoms with van der Waals surface area (Å²) in [4.78, 5) is 9.17. The van der Waals surface area contributed by atoms with E-state index in [2.05, 4.69) is 46.8 Å². The van der Waals surface area contributed by atoms with Crippen molar-refractivity contribution in [3.63, 3.8) is 0 Å². The molecule has 1 aliphatic rings. The summed E-state index contributed by atoms with van der Waals surface area (Å²) in [6.45, 7) is 9.64. The van der Waals surface area contributed by atoms with Gasteiger partial charge in [0.25, 0.3) is 0 Å². The minimum absolute atomic E-state index is 0.0411. The van der Waals surface area contributed by atoms with Gasteiger partial charge in [-0.1, -0.05) is 20.8 Å². The summed E-state index contributed by atoms with van der Waals surface area (Å²) in [7, 11) is -2.89. The first kappa shape index (κ1) is 18.2. The summed E-state index contributed by atoms with van der Waals surface area (Å²) in [6.07, 6.45) is 0.637. The van der Waals surface area contributed by atoms with E-state index in [1.807, 2.05) is 6.92 Å². The highest BCUT2D eigenvalue weighted by Crippen LogP contribution is 2.24. The van der Waals surface area contributed by atoms with Crippen LogP contribution in [0.5, 0.6) is 0 Å². The van der Waals surface area contributed by atoms with Crippen LogP contribution in [0.15, 0.2) is 10.4 Å². The van der Waals surface area contributed by atoms with Gasteiger partial charge in [-0.3, -0.25) is 0 Å². The summed E-state index contributed by atoms with van der Waals surface area (Å²) < 4.78 is 23.1. The molecule has 2 heterocycles. The molecule has 8 heteroatoms. The van der Waals surface area contributed by atoms with E-state index in [-0.39, 0.29) is 23.0 Å². The molecule has 2 rings (SSSR count). The molecule has 0 radical (unpaired) electrons. The van der Waals surface area contributed by atoms with Crippen LogP contribution in [0, 0.1) is 0 Å². The van der Waals surface area contributed by atoms with Crippen LogP contribution in [-0.2, 0) is 21.8 Å². The fraction of sp³-hybridized carbons (Fsp3) is 0.733. The largest absolute Gasteiger partial charge is 0.357 e. The molecule has 0 bridgehead atoms. The fourth-order valence-corrected chi connectivity index (χ4v) is 4.91. The number of sulfone groups is 1. The number of aliphatic imine (C=N–C) groups is 1. The molecular formula is C15H26N4O2S2. The van der Waals surface area contributed by atoms with Gasteiger partial charge in [0, 0.05) is 23.4 Å². The molecule has 1 saturated heterocycles. The number of rotatable bonds is 4. The average Bonchev–Trinajstić information content (AvgIpc) is 3.02. The van der Waals surface area contributed by atoms with Gasteiger partial charge in [0.1, 0.15) is 5.01 Å². The van der Waals surface area contributed by atoms with Crippen molar-refractivity contribution in [1.82, 2.24) is 15.6 Å². The third-order valence-corrected chi connectivity index (χ3v) is 6.21. The summed E-state index contributed by atoms with van der Waals surface area (Å²) in [5, 5.41) is 9.42. The molecule has 0 aromatic carbocycles. The molecule has 1 aromatic rings. The summed E-state index contributed by atoms with van der Waals surface area (Å²) in [6, 6.07) is -0.0563. The fourth-order valence-electron chi connectivity index (χ4n) is 2.30. The van der Waals surface area contributed by atoms with Crippen LogP contribution in [0.2, 0.25) is 0 Å². The second-order valence-electron chi connectivity index (χ2n) is 6.82. The average molecular weight is 359 g/mol. The van der Waals surface area contributed by atoms with Crippen LogP contribution in [-0.4, -0.2) is 43.5 Å². The van der Waals surface area contributed by atoms with Gasteiger partial charge in [0.15, 0.2) is 15.8 Å². The quantitative estimate of drug-likeness (QED) is 0.632. The molecule has 1 aliphatic heterocycles. The first-order chi connectivity index (χ1) is 10.7. The Morgan fingerprint density at radius 3 is 2.74 bits per heavy atom. The van der Waals surface area contributed by atoms with E-state index < -0.39 is 9.84 Å². The Balaban J connectivity index is 2.00. The van der Waals surface area contributed by atoms with Gasteiger partial charge in [-0.2, -0.15) is 0 Å². The predicted octanol–water partition coefficient (Wildman–Crippen LogP) is 1.68. The van der Waals surface area contributed by atoms with E-state index in [9.17, 15) is 8.42 Å². The van der Waals surface area contributed by atoms with Gasteiger partial charge in [0.2, 0.25) is 0 Å². The van der Waals surface area contributed by atoms with Gasteiger partial charge in [-0.25, -0.2) is 18.4 Å². The highest BCUT2D eigenvalue weighted by Gasteiger charge is 2.28. The van der Waals surface area contributed by atoms with Crippen LogP contribution in [0.25, 0.3) is 0 Å². The number of aromatic nitrogens is 1. The summed E-state index contributed by atoms with van der Waals surface area (Å²) in [5.74, 6) is 1.09. The van der Waals surface area contributed by atoms with Gasteiger partial charge in [-0.15, -0.1) is 11.3 Å². The normalized spacial score (nSPS) is 21.4. The van der Waals surface area contributed by atoms with Gasteiger partial charge in [0.05, 0.1) is 23.7 Å². The molecule has 0 aliphatic carbocycles. The van der Waals surface area contributed by atoms with Crippen molar-refractivity contribution in [3.8, 4) is 0 Å². The molecule has 1 unspecified atom stereocenters. The van der Waals surface area contributed by atoms with Crippen LogP contribution in [0.4, 0.5) is 0 Å². The number of hydrogen-bond acceptors (Lipinski definition) is 5. The van der Waals surface area contributed by atoms with E-state index in [1.54, 1.807) is 11.3 Å². The minimum Gasteiger partial charge on any atom is -0.357 e. The Labute approximate surface area is 142 Å². The molecule has 1 fully saturated rings. The van der Waals surface area contributed by atoms with Crippen LogP contribution in [0.1, 0.15) is 44.8 Å². The molecule has 0 saturated carbocycles. The van der Waals surface area contributed by atoms with Crippen molar-refractivity contribution >= 4 is 27.1 Å². The summed E-state index contributed by atoms with van der Waals surface area (Å²) >= 11 is 1.61. The lowest BCUT2D eigenvalue weighted by Gasteiger charge is -2.15. The third-order valence-electron chi connectivity index (χ3n) is 3.61. The Kier molecular flexibility index (Phi) is 5.67. The zero-order valence-corrected chi connectivity index (χ0v) is 15.9. The molecule has 2 N–H and O–H groups in total. The lowest BCUT2D eigenvalue weighted by molar-refractivity contribution is 0.571. The number of nitrogens with zero attached hydrogens (tertiary/aromatic N) is 2. The van der Waals surface area contributed by atoms with Crippen LogP contribution < -0.4 is 10.6 Å². The second kappa shape index (κ2) is 7.17. The van der Waals surface area contributed by atoms with Crippen LogP contribution in [0.3, 0.4) is 0 Å². The molecule has 0 amide bonds. The molecule has 23 heavy (non-hydrogen) atoms. The van der Waals surface area contributed by atoms with Crippen molar-refractivity contribution in [2.75, 3.05) is 18.1 Å². The summed E-state index contributed by atoms with van der Waals surface area (Å²) in [5.41, 5.74) is 1.12. The third kappa shape index (κ3) is 5.46. The van der Waals surface area contributed by atoms with E-state index in [0.717, 1.165) is 17.2 Å². The van der Waals surface area contributed by atoms with Crippen LogP contribution >= 0.6 is 11.3 Å². The second-order valence-corrected chi connectivity index (χ2v) is 9.99. The molecule has 0 spiro atoms. The van der Waals surface area contributed by atoms with E-state index in [0.29, 0.717) is 18.9 Å². The highest BCUT2D eigenvalue weighted by molar-refractivity contribution is 7.91. The zero-order chi connectivity index (χ0) is 17.1. The number of nitrogens with one attached hydrogen (secondary N) is 2. The highest BCUT2D eigenvalue weighted by atomic mass is 32.2. The van der Waals surface area contributed by atoms with E-state index in [4.69, 9.17) is 0 Å². The Morgan fingerprint density at radius 2 is 2.22 bits per heavy atom. The van der Waals surface area contributed by atoms with Gasteiger partial charge < -0.3 is 10.6 Å². The molecular weight excluding hydrogens is 332 g/mol. The number of guanidine groups is 1. The van der Waals surface area contributed by atoms with Crippen molar-refractivity contribution in [2.45, 2.75) is 52.1 Å². The molecule has 1 aromatic heterocycles. The zero-order valence-electron chi connectivity index (χ0n) is 14.2. The first-order valence-corrected chi connectivity index (χ1v) is 10.6.